The number of nitrogens with one attached hydrogen (secondary N) is 9. The number of carbonyl (C=O) groups is 10. The number of Topliss-reactive ketones (excluding diaryl/α,β-unsaturated/α-hetero) is 4. The molecule has 5 aromatic rings. The maximum atomic E-state index is 14.7. The fourth-order valence-corrected chi connectivity index (χ4v) is 13.5. The number of aryl methyl sites for hydroxylation is 1. The Hall–Kier alpha value is -8.15. The standard InChI is InChI=1S/C64H89N15O13S/c1-38(2)57-55(83)27-40(24-42-30-68-49-14-6-5-13-48(42)49)61(86)73-52(29-44-32-67-37-70-44)63(88)71-50(59(65)84)15-8-9-17-79-33-45(77-78-79)25-41(62(87)72-51(28-43-31-66-36-69-43)54(82)23-39(3)60(85)75-57)26-47(81)34-92-22-21-91-20-19-90-18-10-12-46(80)11-4-7-16-56-58-53(35-93-56)74-64(89)76-58/h5-6,13-14,30-33,36-41,50-53,56-58,68H,4,7-12,15-29,34-35H2,1-3H3,(H2,65,84)(H,66,69)(H,67,70)(H,71,88)(H,72,87)(H,73,86)(H,75,85)(H2,74,76,89)/t39-,40-,41+,50-,51+,52+,53+,56+,57+,58+/m0/s1. The van der Waals surface area contributed by atoms with E-state index >= 15 is 0 Å². The number of carbonyl (C=O) groups excluding carboxylic acids is 10. The lowest BCUT2D eigenvalue weighted by atomic mass is 9.87. The molecule has 28 nitrogen and oxygen atoms in total. The fourth-order valence-electron chi connectivity index (χ4n) is 11.9. The van der Waals surface area contributed by atoms with Crippen LogP contribution in [0.2, 0.25) is 0 Å². The van der Waals surface area contributed by atoms with Gasteiger partial charge in [-0.25, -0.2) is 14.8 Å². The number of fused-ring (bicyclic) bond motifs is 4. The maximum absolute atomic E-state index is 14.7. The molecule has 4 aromatic heterocycles. The SMILES string of the molecule is CC(C)[C@H]1NC(=O)[C@@H](C)CC(=O)[C@@H](Cc2cnc[nH]2)NC(=O)[C@@H](CC(=O)COCCOCCOCCCC(=O)CCCC[C@H]2SC[C@H]3NC(=O)N[C@H]32)Cc2cn(nn2)CCCC[C@@H](C(N)=O)NC(=O)[C@@H](Cc2cnc[nH]2)NC(=O)[C@@H](Cc2c[nH]c3ccccc23)CC1=O. The van der Waals surface area contributed by atoms with Crippen molar-refractivity contribution in [2.24, 2.45) is 29.4 Å². The molecule has 7 amide bonds. The van der Waals surface area contributed by atoms with Crippen molar-refractivity contribution in [3.63, 3.8) is 0 Å². The van der Waals surface area contributed by atoms with Gasteiger partial charge in [0.2, 0.25) is 29.5 Å². The summed E-state index contributed by atoms with van der Waals surface area (Å²) >= 11 is 1.87. The number of nitrogens with two attached hydrogens (primary N) is 1. The number of primary amides is 1. The van der Waals surface area contributed by atoms with Crippen LogP contribution in [0.1, 0.15) is 120 Å². The third-order valence-corrected chi connectivity index (χ3v) is 18.6. The van der Waals surface area contributed by atoms with E-state index in [2.05, 4.69) is 67.1 Å². The number of nitrogens with zero attached hydrogens (tertiary/aromatic N) is 5. The topological polar surface area (TPSA) is 400 Å². The zero-order valence-corrected chi connectivity index (χ0v) is 53.9. The van der Waals surface area contributed by atoms with Gasteiger partial charge in [-0.3, -0.25) is 47.8 Å². The normalized spacial score (nSPS) is 24.2. The van der Waals surface area contributed by atoms with Crippen LogP contribution in [-0.4, -0.2) is 186 Å². The number of aromatic amines is 3. The molecule has 7 heterocycles. The summed E-state index contributed by atoms with van der Waals surface area (Å²) in [6.45, 7) is 6.17. The number of para-hydroxylation sites is 1. The summed E-state index contributed by atoms with van der Waals surface area (Å²) in [5.41, 5.74) is 8.77. The molecule has 29 heteroatoms. The van der Waals surface area contributed by atoms with Gasteiger partial charge in [-0.2, -0.15) is 11.8 Å². The van der Waals surface area contributed by atoms with Crippen LogP contribution in [0.3, 0.4) is 0 Å². The molecule has 0 spiro atoms. The van der Waals surface area contributed by atoms with Gasteiger partial charge in [-0.05, 0) is 62.5 Å². The highest BCUT2D eigenvalue weighted by molar-refractivity contribution is 8.00. The number of unbranched alkanes of at least 4 members (excludes halogenated alkanes) is 1. The first-order chi connectivity index (χ1) is 44.9. The fraction of sp³-hybridized carbons (Fsp3) is 0.594. The lowest BCUT2D eigenvalue weighted by molar-refractivity contribution is -0.136. The number of thioether (sulfide) groups is 1. The second-order valence-corrected chi connectivity index (χ2v) is 26.1. The Kier molecular flexibility index (Phi) is 27.2. The van der Waals surface area contributed by atoms with E-state index in [-0.39, 0.29) is 102 Å². The maximum Gasteiger partial charge on any atom is 0.315 e. The monoisotopic (exact) mass is 1310 g/mol. The van der Waals surface area contributed by atoms with Crippen molar-refractivity contribution in [1.29, 1.82) is 0 Å². The number of imidazole rings is 2. The second kappa shape index (κ2) is 35.8. The minimum absolute atomic E-state index is 0.0405. The van der Waals surface area contributed by atoms with Crippen molar-refractivity contribution in [2.45, 2.75) is 172 Å². The first-order valence-corrected chi connectivity index (χ1v) is 33.3. The molecule has 3 aliphatic heterocycles. The van der Waals surface area contributed by atoms with E-state index in [4.69, 9.17) is 19.9 Å². The van der Waals surface area contributed by atoms with E-state index < -0.39 is 94.7 Å². The number of rotatable bonds is 27. The van der Waals surface area contributed by atoms with E-state index in [9.17, 15) is 47.9 Å². The van der Waals surface area contributed by atoms with Crippen LogP contribution in [0.5, 0.6) is 0 Å². The Morgan fingerprint density at radius 1 is 0.699 bits per heavy atom. The Bertz CT molecular complexity index is 3300. The molecule has 93 heavy (non-hydrogen) atoms. The number of benzene rings is 1. The smallest absolute Gasteiger partial charge is 0.315 e. The van der Waals surface area contributed by atoms with Crippen LogP contribution >= 0.6 is 11.8 Å². The van der Waals surface area contributed by atoms with E-state index in [0.717, 1.165) is 41.5 Å². The number of urea groups is 1. The van der Waals surface area contributed by atoms with E-state index in [1.54, 1.807) is 30.9 Å². The van der Waals surface area contributed by atoms with Gasteiger partial charge in [0.15, 0.2) is 17.3 Å². The molecule has 0 radical (unpaired) electrons. The minimum Gasteiger partial charge on any atom is -0.379 e. The van der Waals surface area contributed by atoms with Gasteiger partial charge in [0.05, 0.1) is 74.9 Å². The average molecular weight is 1310 g/mol. The van der Waals surface area contributed by atoms with Crippen molar-refractivity contribution in [3.05, 3.63) is 84.4 Å². The van der Waals surface area contributed by atoms with Crippen molar-refractivity contribution >= 4 is 81.4 Å². The van der Waals surface area contributed by atoms with Gasteiger partial charge in [0.25, 0.3) is 0 Å². The van der Waals surface area contributed by atoms with Crippen molar-refractivity contribution in [1.82, 2.24) is 71.8 Å². The van der Waals surface area contributed by atoms with Crippen LogP contribution in [-0.2, 0) is 89.6 Å². The van der Waals surface area contributed by atoms with E-state index in [1.807, 2.05) is 36.0 Å². The molecule has 0 saturated carbocycles. The molecular weight excluding hydrogens is 1220 g/mol. The Balaban J connectivity index is 0.893. The predicted molar refractivity (Wildman–Crippen MR) is 342 cm³/mol. The molecular formula is C64H89N15O13S. The molecule has 11 N–H and O–H groups in total. The quantitative estimate of drug-likeness (QED) is 0.0267. The number of H-pyrrole nitrogens is 3. The molecule has 504 valence electrons. The third kappa shape index (κ3) is 22.0. The van der Waals surface area contributed by atoms with Gasteiger partial charge in [0, 0.05) is 134 Å². The minimum atomic E-state index is -1.26. The molecule has 2 fully saturated rings. The lowest BCUT2D eigenvalue weighted by Crippen LogP contribution is -2.55. The zero-order valence-electron chi connectivity index (χ0n) is 53.1. The van der Waals surface area contributed by atoms with Crippen LogP contribution in [0.4, 0.5) is 4.79 Å². The summed E-state index contributed by atoms with van der Waals surface area (Å²) in [7, 11) is 0. The number of amides is 7. The lowest BCUT2D eigenvalue weighted by Gasteiger charge is -2.27. The summed E-state index contributed by atoms with van der Waals surface area (Å²) in [6.07, 6.45) is 13.3. The molecule has 8 rings (SSSR count). The number of ketones is 4. The first-order valence-electron chi connectivity index (χ1n) is 32.3. The van der Waals surface area contributed by atoms with Crippen molar-refractivity contribution in [2.75, 3.05) is 45.4 Å². The molecule has 10 atom stereocenters. The summed E-state index contributed by atoms with van der Waals surface area (Å²) in [5, 5.41) is 27.0. The number of hydrogen-bond donors (Lipinski definition) is 10. The van der Waals surface area contributed by atoms with Gasteiger partial charge < -0.3 is 66.8 Å². The summed E-state index contributed by atoms with van der Waals surface area (Å²) in [4.78, 5) is 155. The Labute approximate surface area is 543 Å². The van der Waals surface area contributed by atoms with Gasteiger partial charge >= 0.3 is 6.03 Å². The Morgan fingerprint density at radius 3 is 2.13 bits per heavy atom. The van der Waals surface area contributed by atoms with E-state index in [0.29, 0.717) is 74.2 Å². The second-order valence-electron chi connectivity index (χ2n) is 24.8. The molecule has 1 aromatic carbocycles. The summed E-state index contributed by atoms with van der Waals surface area (Å²) in [5.74, 6) is -7.35. The number of aromatic nitrogens is 8. The van der Waals surface area contributed by atoms with Crippen LogP contribution in [0.25, 0.3) is 10.9 Å². The summed E-state index contributed by atoms with van der Waals surface area (Å²) < 4.78 is 18.5. The van der Waals surface area contributed by atoms with Crippen molar-refractivity contribution < 1.29 is 62.2 Å². The molecule has 0 aliphatic carbocycles. The van der Waals surface area contributed by atoms with Crippen LogP contribution < -0.4 is 37.6 Å². The third-order valence-electron chi connectivity index (χ3n) is 17.1. The van der Waals surface area contributed by atoms with Gasteiger partial charge in [0.1, 0.15) is 24.5 Å². The Morgan fingerprint density at radius 2 is 1.40 bits per heavy atom. The first kappa shape index (κ1) is 70.7. The van der Waals surface area contributed by atoms with Crippen LogP contribution in [0, 0.1) is 23.7 Å². The highest BCUT2D eigenvalue weighted by atomic mass is 32.2. The number of hydrogen-bond acceptors (Lipinski definition) is 18. The zero-order chi connectivity index (χ0) is 66.2. The van der Waals surface area contributed by atoms with E-state index in [1.165, 1.54) is 32.0 Å². The highest BCUT2D eigenvalue weighted by Gasteiger charge is 2.43. The summed E-state index contributed by atoms with van der Waals surface area (Å²) in [6, 6.07) is 3.00. The largest absolute Gasteiger partial charge is 0.379 e. The molecule has 3 aliphatic rings. The molecule has 2 saturated heterocycles. The average Bonchev–Trinajstić information content (AvgIpc) is 1.73. The molecule has 0 unspecified atom stereocenters. The molecule has 2 bridgehead atoms. The number of ether oxygens (including phenoxy) is 3. The van der Waals surface area contributed by atoms with Crippen molar-refractivity contribution in [3.8, 4) is 0 Å². The van der Waals surface area contributed by atoms with Gasteiger partial charge in [-0.15, -0.1) is 5.10 Å². The highest BCUT2D eigenvalue weighted by Crippen LogP contribution is 2.33. The van der Waals surface area contributed by atoms with Crippen LogP contribution in [0.15, 0.2) is 61.7 Å². The predicted octanol–water partition coefficient (Wildman–Crippen LogP) is 2.61. The van der Waals surface area contributed by atoms with Gasteiger partial charge in [-0.1, -0.05) is 50.6 Å².